The molecule has 0 aliphatic carbocycles. The minimum atomic E-state index is -2.96. The second-order valence-corrected chi connectivity index (χ2v) is 5.81. The lowest BCUT2D eigenvalue weighted by Gasteiger charge is -2.11. The van der Waals surface area contributed by atoms with Crippen LogP contribution >= 0.6 is 0 Å². The van der Waals surface area contributed by atoms with E-state index in [4.69, 9.17) is 9.47 Å². The number of esters is 1. The van der Waals surface area contributed by atoms with Crippen molar-refractivity contribution in [3.63, 3.8) is 0 Å². The Morgan fingerprint density at radius 1 is 1.00 bits per heavy atom. The van der Waals surface area contributed by atoms with Crippen molar-refractivity contribution in [3.05, 3.63) is 59.2 Å². The topological polar surface area (TPSA) is 61.8 Å². The highest BCUT2D eigenvalue weighted by molar-refractivity contribution is 5.97. The largest absolute Gasteiger partial charge is 0.493 e. The van der Waals surface area contributed by atoms with E-state index in [2.05, 4.69) is 4.74 Å². The lowest BCUT2D eigenvalue weighted by atomic mass is 10.1. The molecule has 27 heavy (non-hydrogen) atoms. The van der Waals surface area contributed by atoms with E-state index in [1.165, 1.54) is 25.3 Å². The molecule has 0 aromatic heterocycles. The summed E-state index contributed by atoms with van der Waals surface area (Å²) < 4.78 is 39.1. The number of Topliss-reactive ketones (excluding diaryl/α,β-unsaturated/α-hetero) is 1. The van der Waals surface area contributed by atoms with Gasteiger partial charge in [0.2, 0.25) is 0 Å². The lowest BCUT2D eigenvalue weighted by Crippen LogP contribution is -2.09. The molecule has 5 nitrogen and oxygen atoms in total. The molecule has 0 saturated carbocycles. The summed E-state index contributed by atoms with van der Waals surface area (Å²) in [4.78, 5) is 23.9. The Labute approximate surface area is 155 Å². The number of hydrogen-bond acceptors (Lipinski definition) is 5. The van der Waals surface area contributed by atoms with Crippen molar-refractivity contribution in [2.45, 2.75) is 33.0 Å². The molecular formula is C20H20F2O5. The highest BCUT2D eigenvalue weighted by Gasteiger charge is 2.13. The Balaban J connectivity index is 1.84. The molecule has 2 rings (SSSR count). The van der Waals surface area contributed by atoms with E-state index in [0.717, 1.165) is 5.56 Å². The third-order valence-electron chi connectivity index (χ3n) is 3.77. The van der Waals surface area contributed by atoms with Crippen molar-refractivity contribution in [2.24, 2.45) is 0 Å². The van der Waals surface area contributed by atoms with Gasteiger partial charge in [0.25, 0.3) is 0 Å². The van der Waals surface area contributed by atoms with Gasteiger partial charge in [0.15, 0.2) is 17.3 Å². The first-order valence-corrected chi connectivity index (χ1v) is 8.26. The second-order valence-electron chi connectivity index (χ2n) is 5.81. The van der Waals surface area contributed by atoms with E-state index in [0.29, 0.717) is 11.1 Å². The Morgan fingerprint density at radius 3 is 2.33 bits per heavy atom. The monoisotopic (exact) mass is 378 g/mol. The Hall–Kier alpha value is -2.96. The van der Waals surface area contributed by atoms with Gasteiger partial charge in [-0.05, 0) is 24.6 Å². The van der Waals surface area contributed by atoms with Crippen LogP contribution < -0.4 is 9.47 Å². The van der Waals surface area contributed by atoms with E-state index in [1.807, 2.05) is 19.1 Å². The van der Waals surface area contributed by atoms with Crippen molar-refractivity contribution in [3.8, 4) is 11.5 Å². The number of halogens is 2. The van der Waals surface area contributed by atoms with Gasteiger partial charge < -0.3 is 14.2 Å². The second kappa shape index (κ2) is 9.66. The molecule has 0 bridgehead atoms. The zero-order valence-corrected chi connectivity index (χ0v) is 15.0. The van der Waals surface area contributed by atoms with E-state index < -0.39 is 12.6 Å². The van der Waals surface area contributed by atoms with Gasteiger partial charge in [-0.15, -0.1) is 0 Å². The molecule has 144 valence electrons. The first-order valence-electron chi connectivity index (χ1n) is 8.26. The van der Waals surface area contributed by atoms with Gasteiger partial charge in [-0.3, -0.25) is 9.59 Å². The van der Waals surface area contributed by atoms with Crippen molar-refractivity contribution < 1.29 is 32.6 Å². The minimum Gasteiger partial charge on any atom is -0.493 e. The number of rotatable bonds is 9. The number of carbonyl (C=O) groups is 2. The molecule has 2 aromatic carbocycles. The SMILES string of the molecule is COc1cc(COC(=O)CCC(=O)c2ccc(C)cc2)ccc1OC(F)F. The molecule has 7 heteroatoms. The van der Waals surface area contributed by atoms with Gasteiger partial charge in [0, 0.05) is 12.0 Å². The molecule has 0 radical (unpaired) electrons. The highest BCUT2D eigenvalue weighted by atomic mass is 19.3. The van der Waals surface area contributed by atoms with Crippen molar-refractivity contribution in [1.29, 1.82) is 0 Å². The molecular weight excluding hydrogens is 358 g/mol. The van der Waals surface area contributed by atoms with Crippen molar-refractivity contribution in [2.75, 3.05) is 7.11 Å². The van der Waals surface area contributed by atoms with Crippen LogP contribution in [-0.2, 0) is 16.1 Å². The molecule has 0 atom stereocenters. The summed E-state index contributed by atoms with van der Waals surface area (Å²) in [6, 6.07) is 11.4. The number of aryl methyl sites for hydroxylation is 1. The van der Waals surface area contributed by atoms with Gasteiger partial charge in [-0.2, -0.15) is 8.78 Å². The molecule has 0 saturated heterocycles. The molecule has 2 aromatic rings. The maximum absolute atomic E-state index is 12.3. The predicted octanol–water partition coefficient (Wildman–Crippen LogP) is 4.31. The molecule has 0 N–H and O–H groups in total. The molecule has 0 unspecified atom stereocenters. The zero-order valence-electron chi connectivity index (χ0n) is 15.0. The molecule has 0 aliphatic rings. The van der Waals surface area contributed by atoms with E-state index in [9.17, 15) is 18.4 Å². The van der Waals surface area contributed by atoms with Crippen LogP contribution in [0, 0.1) is 6.92 Å². The Bertz CT molecular complexity index is 787. The van der Waals surface area contributed by atoms with Gasteiger partial charge in [-0.1, -0.05) is 35.9 Å². The Kier molecular flexibility index (Phi) is 7.28. The number of benzene rings is 2. The number of hydrogen-bond donors (Lipinski definition) is 0. The summed E-state index contributed by atoms with van der Waals surface area (Å²) >= 11 is 0. The number of carbonyl (C=O) groups excluding carboxylic acids is 2. The fourth-order valence-electron chi connectivity index (χ4n) is 2.33. The summed E-state index contributed by atoms with van der Waals surface area (Å²) in [5.41, 5.74) is 2.14. The molecule has 0 amide bonds. The predicted molar refractivity (Wildman–Crippen MR) is 94.2 cm³/mol. The van der Waals surface area contributed by atoms with E-state index >= 15 is 0 Å². The third kappa shape index (κ3) is 6.36. The average molecular weight is 378 g/mol. The average Bonchev–Trinajstić information content (AvgIpc) is 2.65. The normalized spacial score (nSPS) is 10.6. The summed E-state index contributed by atoms with van der Waals surface area (Å²) in [5, 5.41) is 0. The van der Waals surface area contributed by atoms with Gasteiger partial charge in [0.1, 0.15) is 6.61 Å². The van der Waals surface area contributed by atoms with Crippen LogP contribution in [0.4, 0.5) is 8.78 Å². The van der Waals surface area contributed by atoms with E-state index in [-0.39, 0.29) is 36.7 Å². The summed E-state index contributed by atoms with van der Waals surface area (Å²) in [6.45, 7) is -1.11. The van der Waals surface area contributed by atoms with Gasteiger partial charge in [0.05, 0.1) is 13.5 Å². The van der Waals surface area contributed by atoms with Gasteiger partial charge in [-0.25, -0.2) is 0 Å². The summed E-state index contributed by atoms with van der Waals surface area (Å²) in [7, 11) is 1.32. The van der Waals surface area contributed by atoms with Crippen LogP contribution in [0.5, 0.6) is 11.5 Å². The highest BCUT2D eigenvalue weighted by Crippen LogP contribution is 2.29. The molecule has 0 aliphatic heterocycles. The molecule has 0 fully saturated rings. The van der Waals surface area contributed by atoms with E-state index in [1.54, 1.807) is 12.1 Å². The smallest absolute Gasteiger partial charge is 0.387 e. The third-order valence-corrected chi connectivity index (χ3v) is 3.77. The fourth-order valence-corrected chi connectivity index (χ4v) is 2.33. The van der Waals surface area contributed by atoms with Crippen molar-refractivity contribution >= 4 is 11.8 Å². The first-order chi connectivity index (χ1) is 12.9. The van der Waals surface area contributed by atoms with Crippen molar-refractivity contribution in [1.82, 2.24) is 0 Å². The number of ketones is 1. The van der Waals surface area contributed by atoms with Gasteiger partial charge >= 0.3 is 12.6 Å². The molecule has 0 spiro atoms. The van der Waals surface area contributed by atoms with Crippen LogP contribution in [0.15, 0.2) is 42.5 Å². The maximum atomic E-state index is 12.3. The number of alkyl halides is 2. The standard InChI is InChI=1S/C20H20F2O5/c1-13-3-6-15(7-4-13)16(23)8-10-19(24)26-12-14-5-9-17(27-20(21)22)18(11-14)25-2/h3-7,9,11,20H,8,10,12H2,1-2H3. The molecule has 0 heterocycles. The lowest BCUT2D eigenvalue weighted by molar-refractivity contribution is -0.144. The quantitative estimate of drug-likeness (QED) is 0.481. The Morgan fingerprint density at radius 2 is 1.70 bits per heavy atom. The van der Waals surface area contributed by atoms with Crippen LogP contribution in [0.1, 0.15) is 34.3 Å². The van der Waals surface area contributed by atoms with Crippen LogP contribution in [0.25, 0.3) is 0 Å². The van der Waals surface area contributed by atoms with Crippen LogP contribution in [0.3, 0.4) is 0 Å². The summed E-state index contributed by atoms with van der Waals surface area (Å²) in [5.74, 6) is -0.658. The van der Waals surface area contributed by atoms with Crippen LogP contribution in [-0.4, -0.2) is 25.5 Å². The van der Waals surface area contributed by atoms with Crippen LogP contribution in [0.2, 0.25) is 0 Å². The first kappa shape index (κ1) is 20.4. The zero-order chi connectivity index (χ0) is 19.8. The number of methoxy groups -OCH3 is 1. The summed E-state index contributed by atoms with van der Waals surface area (Å²) in [6.07, 6.45) is 0.00278. The number of ether oxygens (including phenoxy) is 3. The fraction of sp³-hybridized carbons (Fsp3) is 0.300. The minimum absolute atomic E-state index is 0.0452. The maximum Gasteiger partial charge on any atom is 0.387 e.